The molecule has 1 aromatic carbocycles. The third-order valence-electron chi connectivity index (χ3n) is 3.07. The molecule has 138 valence electrons. The lowest BCUT2D eigenvalue weighted by Gasteiger charge is -2.11. The van der Waals surface area contributed by atoms with E-state index in [0.29, 0.717) is 18.9 Å². The molecule has 4 nitrogen and oxygen atoms in total. The maximum atomic E-state index is 12.8. The van der Waals surface area contributed by atoms with Gasteiger partial charge in [-0.1, -0.05) is 0 Å². The first-order chi connectivity index (χ1) is 11.3. The van der Waals surface area contributed by atoms with Crippen molar-refractivity contribution in [2.45, 2.75) is 26.2 Å². The van der Waals surface area contributed by atoms with Gasteiger partial charge in [-0.15, -0.1) is 24.0 Å². The van der Waals surface area contributed by atoms with E-state index in [4.69, 9.17) is 4.74 Å². The van der Waals surface area contributed by atoms with Gasteiger partial charge in [0.15, 0.2) is 5.96 Å². The zero-order chi connectivity index (χ0) is 16.8. The van der Waals surface area contributed by atoms with E-state index in [0.717, 1.165) is 31.9 Å². The Kier molecular flexibility index (Phi) is 15.3. The molecule has 0 atom stereocenters. The van der Waals surface area contributed by atoms with Crippen LogP contribution in [0, 0.1) is 5.82 Å². The fraction of sp³-hybridized carbons (Fsp3) is 0.588. The van der Waals surface area contributed by atoms with Crippen molar-refractivity contribution in [1.82, 2.24) is 10.6 Å². The van der Waals surface area contributed by atoms with Gasteiger partial charge in [0.1, 0.15) is 11.6 Å². The van der Waals surface area contributed by atoms with Crippen molar-refractivity contribution in [3.05, 3.63) is 30.1 Å². The molecule has 0 radical (unpaired) electrons. The van der Waals surface area contributed by atoms with Crippen LogP contribution in [-0.2, 0) is 0 Å². The van der Waals surface area contributed by atoms with Gasteiger partial charge in [0.25, 0.3) is 0 Å². The van der Waals surface area contributed by atoms with Gasteiger partial charge in [-0.05, 0) is 56.0 Å². The summed E-state index contributed by atoms with van der Waals surface area (Å²) < 4.78 is 18.3. The second-order valence-corrected chi connectivity index (χ2v) is 6.03. The molecule has 7 heteroatoms. The van der Waals surface area contributed by atoms with Crippen molar-refractivity contribution < 1.29 is 9.13 Å². The molecule has 0 amide bonds. The fourth-order valence-corrected chi connectivity index (χ4v) is 2.39. The second-order valence-electron chi connectivity index (χ2n) is 5.04. The molecule has 0 saturated heterocycles. The van der Waals surface area contributed by atoms with Crippen molar-refractivity contribution in [2.24, 2.45) is 4.99 Å². The van der Waals surface area contributed by atoms with Crippen LogP contribution in [0.25, 0.3) is 0 Å². The molecule has 0 aromatic heterocycles. The van der Waals surface area contributed by atoms with Crippen LogP contribution >= 0.6 is 35.7 Å². The highest BCUT2D eigenvalue weighted by molar-refractivity contribution is 14.0. The summed E-state index contributed by atoms with van der Waals surface area (Å²) in [5.74, 6) is 2.50. The largest absolute Gasteiger partial charge is 0.494 e. The van der Waals surface area contributed by atoms with E-state index in [2.05, 4.69) is 28.8 Å². The highest BCUT2D eigenvalue weighted by Gasteiger charge is 1.97. The normalized spacial score (nSPS) is 10.9. The topological polar surface area (TPSA) is 45.7 Å². The number of rotatable bonds is 11. The summed E-state index contributed by atoms with van der Waals surface area (Å²) in [6.07, 6.45) is 5.32. The summed E-state index contributed by atoms with van der Waals surface area (Å²) in [5.41, 5.74) is 0. The first-order valence-electron chi connectivity index (χ1n) is 8.15. The van der Waals surface area contributed by atoms with Gasteiger partial charge >= 0.3 is 0 Å². The van der Waals surface area contributed by atoms with E-state index >= 15 is 0 Å². The predicted octanol–water partition coefficient (Wildman–Crippen LogP) is 3.91. The number of nitrogens with zero attached hydrogens (tertiary/aromatic N) is 1. The Labute approximate surface area is 166 Å². The molecule has 1 rings (SSSR count). The van der Waals surface area contributed by atoms with Crippen molar-refractivity contribution in [2.75, 3.05) is 38.2 Å². The van der Waals surface area contributed by atoms with Crippen LogP contribution in [0.1, 0.15) is 26.2 Å². The van der Waals surface area contributed by atoms with Gasteiger partial charge in [0.05, 0.1) is 6.61 Å². The van der Waals surface area contributed by atoms with Crippen LogP contribution < -0.4 is 15.4 Å². The van der Waals surface area contributed by atoms with Crippen molar-refractivity contribution in [3.63, 3.8) is 0 Å². The molecule has 2 N–H and O–H groups in total. The van der Waals surface area contributed by atoms with Crippen molar-refractivity contribution >= 4 is 41.7 Å². The molecule has 0 aliphatic heterocycles. The zero-order valence-corrected chi connectivity index (χ0v) is 17.7. The smallest absolute Gasteiger partial charge is 0.191 e. The molecule has 0 aliphatic carbocycles. The predicted molar refractivity (Wildman–Crippen MR) is 114 cm³/mol. The average molecular weight is 469 g/mol. The zero-order valence-electron chi connectivity index (χ0n) is 14.5. The fourth-order valence-electron chi connectivity index (χ4n) is 1.90. The number of benzene rings is 1. The summed E-state index contributed by atoms with van der Waals surface area (Å²) in [5, 5.41) is 6.58. The second kappa shape index (κ2) is 15.8. The molecule has 0 saturated carbocycles. The van der Waals surface area contributed by atoms with Crippen LogP contribution in [0.3, 0.4) is 0 Å². The van der Waals surface area contributed by atoms with Crippen molar-refractivity contribution in [3.8, 4) is 5.75 Å². The lowest BCUT2D eigenvalue weighted by Crippen LogP contribution is -2.38. The lowest BCUT2D eigenvalue weighted by atomic mass is 10.3. The molecule has 24 heavy (non-hydrogen) atoms. The maximum absolute atomic E-state index is 12.8. The maximum Gasteiger partial charge on any atom is 0.191 e. The molecule has 0 unspecified atom stereocenters. The highest BCUT2D eigenvalue weighted by Crippen LogP contribution is 2.11. The minimum absolute atomic E-state index is 0. The van der Waals surface area contributed by atoms with E-state index in [1.165, 1.54) is 24.3 Å². The molecule has 0 bridgehead atoms. The molecule has 0 heterocycles. The Bertz CT molecular complexity index is 446. The van der Waals surface area contributed by atoms with Gasteiger partial charge in [0.2, 0.25) is 0 Å². The lowest BCUT2D eigenvalue weighted by molar-refractivity contribution is 0.313. The van der Waals surface area contributed by atoms with E-state index in [-0.39, 0.29) is 29.8 Å². The summed E-state index contributed by atoms with van der Waals surface area (Å²) >= 11 is 1.88. The number of unbranched alkanes of at least 4 members (excludes halogenated alkanes) is 1. The SMILES string of the molecule is CCNC(=NCCCOc1ccc(F)cc1)NCCCCSC.I. The van der Waals surface area contributed by atoms with E-state index in [1.807, 2.05) is 11.8 Å². The Balaban J connectivity index is 0.00000529. The van der Waals surface area contributed by atoms with Gasteiger partial charge in [0, 0.05) is 26.1 Å². The molecule has 0 aliphatic rings. The Morgan fingerprint density at radius 3 is 2.58 bits per heavy atom. The number of hydrogen-bond donors (Lipinski definition) is 2. The first-order valence-corrected chi connectivity index (χ1v) is 9.55. The minimum atomic E-state index is -0.249. The number of nitrogens with one attached hydrogen (secondary N) is 2. The molecular weight excluding hydrogens is 440 g/mol. The van der Waals surface area contributed by atoms with E-state index in [9.17, 15) is 4.39 Å². The van der Waals surface area contributed by atoms with Crippen LogP contribution in [0.15, 0.2) is 29.3 Å². The number of thioether (sulfide) groups is 1. The monoisotopic (exact) mass is 469 g/mol. The number of ether oxygens (including phenoxy) is 1. The van der Waals surface area contributed by atoms with Gasteiger partial charge in [-0.2, -0.15) is 11.8 Å². The van der Waals surface area contributed by atoms with E-state index < -0.39 is 0 Å². The summed E-state index contributed by atoms with van der Waals surface area (Å²) in [4.78, 5) is 4.53. The van der Waals surface area contributed by atoms with Crippen LogP contribution in [0.2, 0.25) is 0 Å². The quantitative estimate of drug-likeness (QED) is 0.223. The van der Waals surface area contributed by atoms with Crippen LogP contribution in [-0.4, -0.2) is 44.2 Å². The summed E-state index contributed by atoms with van der Waals surface area (Å²) in [7, 11) is 0. The van der Waals surface area contributed by atoms with Crippen LogP contribution in [0.4, 0.5) is 4.39 Å². The summed E-state index contributed by atoms with van der Waals surface area (Å²) in [6, 6.07) is 6.08. The summed E-state index contributed by atoms with van der Waals surface area (Å²) in [6.45, 7) is 5.12. The van der Waals surface area contributed by atoms with E-state index in [1.54, 1.807) is 12.1 Å². The van der Waals surface area contributed by atoms with Crippen LogP contribution in [0.5, 0.6) is 5.75 Å². The number of halogens is 2. The van der Waals surface area contributed by atoms with Gasteiger partial charge in [-0.25, -0.2) is 4.39 Å². The Morgan fingerprint density at radius 2 is 1.92 bits per heavy atom. The average Bonchev–Trinajstić information content (AvgIpc) is 2.56. The third kappa shape index (κ3) is 11.8. The Morgan fingerprint density at radius 1 is 1.17 bits per heavy atom. The van der Waals surface area contributed by atoms with Gasteiger partial charge < -0.3 is 15.4 Å². The standard InChI is InChI=1S/C17H28FN3OS.HI/c1-3-19-17(20-11-4-5-14-23-2)21-12-6-13-22-16-9-7-15(18)8-10-16;/h7-10H,3-6,11-14H2,1-2H3,(H2,19,20,21);1H. The molecule has 1 aromatic rings. The first kappa shape index (κ1) is 23.3. The Hall–Kier alpha value is -0.700. The minimum Gasteiger partial charge on any atom is -0.494 e. The number of guanidine groups is 1. The molecule has 0 fully saturated rings. The molecule has 0 spiro atoms. The third-order valence-corrected chi connectivity index (χ3v) is 3.76. The molecular formula is C17H29FIN3OS. The number of aliphatic imine (C=N–C) groups is 1. The highest BCUT2D eigenvalue weighted by atomic mass is 127. The number of hydrogen-bond acceptors (Lipinski definition) is 3. The van der Waals surface area contributed by atoms with Gasteiger partial charge in [-0.3, -0.25) is 4.99 Å². The van der Waals surface area contributed by atoms with Crippen molar-refractivity contribution in [1.29, 1.82) is 0 Å².